The van der Waals surface area contributed by atoms with E-state index in [0.717, 1.165) is 40.9 Å². The molecule has 2 aliphatic heterocycles. The number of ether oxygens (including phenoxy) is 2. The number of aryl methyl sites for hydroxylation is 1. The van der Waals surface area contributed by atoms with E-state index in [0.29, 0.717) is 12.2 Å². The Morgan fingerprint density at radius 2 is 1.68 bits per heavy atom. The van der Waals surface area contributed by atoms with Crippen molar-refractivity contribution >= 4 is 27.0 Å². The highest BCUT2D eigenvalue weighted by Gasteiger charge is 2.41. The molecular weight excluding hydrogens is 376 g/mol. The van der Waals surface area contributed by atoms with Crippen molar-refractivity contribution in [2.75, 3.05) is 12.9 Å². The van der Waals surface area contributed by atoms with Gasteiger partial charge in [-0.1, -0.05) is 18.2 Å². The molecule has 2 aromatic carbocycles. The molecule has 2 aliphatic rings. The van der Waals surface area contributed by atoms with Crippen molar-refractivity contribution < 1.29 is 22.7 Å². The van der Waals surface area contributed by atoms with Crippen LogP contribution in [0.1, 0.15) is 37.0 Å². The van der Waals surface area contributed by atoms with E-state index >= 15 is 0 Å². The molecule has 6 heteroatoms. The smallest absolute Gasteiger partial charge is 0.340 e. The van der Waals surface area contributed by atoms with Crippen molar-refractivity contribution in [1.82, 2.24) is 0 Å². The van der Waals surface area contributed by atoms with Gasteiger partial charge in [0.25, 0.3) is 0 Å². The van der Waals surface area contributed by atoms with Crippen LogP contribution in [-0.4, -0.2) is 32.9 Å². The van der Waals surface area contributed by atoms with E-state index in [-0.39, 0.29) is 10.9 Å². The molecule has 28 heavy (non-hydrogen) atoms. The standard InChI is InChI=1S/C22H22O5S/c1-22(2)20(14-6-9-17(10-7-14)28(3,24)25)19(21(23)27-22)16-8-11-18-15(13-16)5-4-12-26-18/h6-11,13H,4-5,12H2,1-3H3. The molecule has 0 unspecified atom stereocenters. The van der Waals surface area contributed by atoms with Crippen LogP contribution in [0.15, 0.2) is 47.4 Å². The molecule has 0 fully saturated rings. The van der Waals surface area contributed by atoms with Crippen LogP contribution in [0.5, 0.6) is 5.75 Å². The molecule has 5 nitrogen and oxygen atoms in total. The number of fused-ring (bicyclic) bond motifs is 1. The summed E-state index contributed by atoms with van der Waals surface area (Å²) in [5.41, 5.74) is 3.11. The molecule has 0 amide bonds. The highest BCUT2D eigenvalue weighted by atomic mass is 32.2. The second-order valence-electron chi connectivity index (χ2n) is 7.72. The Labute approximate surface area is 164 Å². The summed E-state index contributed by atoms with van der Waals surface area (Å²) in [5.74, 6) is 0.490. The number of sulfone groups is 1. The zero-order chi connectivity index (χ0) is 20.1. The summed E-state index contributed by atoms with van der Waals surface area (Å²) in [5, 5.41) is 0. The molecule has 0 atom stereocenters. The van der Waals surface area contributed by atoms with Crippen molar-refractivity contribution in [2.45, 2.75) is 37.2 Å². The Balaban J connectivity index is 1.87. The summed E-state index contributed by atoms with van der Waals surface area (Å²) in [6.45, 7) is 4.40. The van der Waals surface area contributed by atoms with Crippen LogP contribution < -0.4 is 4.74 Å². The van der Waals surface area contributed by atoms with Gasteiger partial charge >= 0.3 is 5.97 Å². The van der Waals surface area contributed by atoms with E-state index in [1.54, 1.807) is 24.3 Å². The monoisotopic (exact) mass is 398 g/mol. The SMILES string of the molecule is CC1(C)OC(=O)C(c2ccc3c(c2)CCCO3)=C1c1ccc(S(C)(=O)=O)cc1. The van der Waals surface area contributed by atoms with Gasteiger partial charge in [-0.2, -0.15) is 0 Å². The third-order valence-electron chi connectivity index (χ3n) is 5.17. The molecule has 0 saturated heterocycles. The maximum Gasteiger partial charge on any atom is 0.340 e. The summed E-state index contributed by atoms with van der Waals surface area (Å²) in [4.78, 5) is 13.0. The number of carbonyl (C=O) groups is 1. The van der Waals surface area contributed by atoms with Gasteiger partial charge in [-0.05, 0) is 67.6 Å². The molecule has 0 bridgehead atoms. The Morgan fingerprint density at radius 1 is 1.00 bits per heavy atom. The second-order valence-corrected chi connectivity index (χ2v) is 9.74. The lowest BCUT2D eigenvalue weighted by Crippen LogP contribution is -2.22. The number of carbonyl (C=O) groups excluding carboxylic acids is 1. The van der Waals surface area contributed by atoms with Crippen LogP contribution in [0.25, 0.3) is 11.1 Å². The Bertz CT molecular complexity index is 1090. The molecule has 0 radical (unpaired) electrons. The summed E-state index contributed by atoms with van der Waals surface area (Å²) < 4.78 is 34.9. The quantitative estimate of drug-likeness (QED) is 0.738. The van der Waals surface area contributed by atoms with Gasteiger partial charge in [0, 0.05) is 11.8 Å². The van der Waals surface area contributed by atoms with Crippen LogP contribution in [0.2, 0.25) is 0 Å². The van der Waals surface area contributed by atoms with Crippen LogP contribution in [0.4, 0.5) is 0 Å². The van der Waals surface area contributed by atoms with Gasteiger partial charge in [-0.25, -0.2) is 13.2 Å². The van der Waals surface area contributed by atoms with Crippen molar-refractivity contribution in [3.05, 3.63) is 59.2 Å². The lowest BCUT2D eigenvalue weighted by molar-refractivity contribution is -0.141. The number of esters is 1. The highest BCUT2D eigenvalue weighted by Crippen LogP contribution is 2.44. The van der Waals surface area contributed by atoms with Crippen molar-refractivity contribution in [2.24, 2.45) is 0 Å². The largest absolute Gasteiger partial charge is 0.493 e. The molecule has 0 aliphatic carbocycles. The van der Waals surface area contributed by atoms with Gasteiger partial charge in [0.15, 0.2) is 9.84 Å². The van der Waals surface area contributed by atoms with Gasteiger partial charge in [-0.3, -0.25) is 0 Å². The Hall–Kier alpha value is -2.60. The van der Waals surface area contributed by atoms with Gasteiger partial charge < -0.3 is 9.47 Å². The van der Waals surface area contributed by atoms with E-state index in [4.69, 9.17) is 9.47 Å². The fraction of sp³-hybridized carbons (Fsp3) is 0.318. The molecule has 2 heterocycles. The number of cyclic esters (lactones) is 1. The second kappa shape index (κ2) is 6.48. The predicted octanol–water partition coefficient (Wildman–Crippen LogP) is 3.66. The van der Waals surface area contributed by atoms with Crippen molar-refractivity contribution in [3.63, 3.8) is 0 Å². The van der Waals surface area contributed by atoms with Crippen molar-refractivity contribution in [1.29, 1.82) is 0 Å². The van der Waals surface area contributed by atoms with Crippen LogP contribution >= 0.6 is 0 Å². The van der Waals surface area contributed by atoms with E-state index in [1.807, 2.05) is 32.0 Å². The van der Waals surface area contributed by atoms with E-state index in [2.05, 4.69) is 0 Å². The fourth-order valence-corrected chi connectivity index (χ4v) is 4.51. The maximum absolute atomic E-state index is 12.8. The summed E-state index contributed by atoms with van der Waals surface area (Å²) in [6, 6.07) is 12.4. The normalized spacial score (nSPS) is 18.5. The fourth-order valence-electron chi connectivity index (χ4n) is 3.88. The molecule has 0 N–H and O–H groups in total. The first-order valence-electron chi connectivity index (χ1n) is 9.21. The molecule has 2 aromatic rings. The average Bonchev–Trinajstić information content (AvgIpc) is 2.89. The van der Waals surface area contributed by atoms with Crippen molar-refractivity contribution in [3.8, 4) is 5.75 Å². The summed E-state index contributed by atoms with van der Waals surface area (Å²) >= 11 is 0. The zero-order valence-electron chi connectivity index (χ0n) is 16.1. The summed E-state index contributed by atoms with van der Waals surface area (Å²) in [7, 11) is -3.29. The van der Waals surface area contributed by atoms with Gasteiger partial charge in [0.1, 0.15) is 11.4 Å². The first kappa shape index (κ1) is 18.7. The topological polar surface area (TPSA) is 69.7 Å². The zero-order valence-corrected chi connectivity index (χ0v) is 16.9. The van der Waals surface area contributed by atoms with Gasteiger partial charge in [0.2, 0.25) is 0 Å². The minimum atomic E-state index is -3.29. The lowest BCUT2D eigenvalue weighted by atomic mass is 9.86. The molecule has 4 rings (SSSR count). The van der Waals surface area contributed by atoms with E-state index in [9.17, 15) is 13.2 Å². The highest BCUT2D eigenvalue weighted by molar-refractivity contribution is 7.90. The molecule has 0 aromatic heterocycles. The van der Waals surface area contributed by atoms with E-state index in [1.165, 1.54) is 6.26 Å². The third-order valence-corrected chi connectivity index (χ3v) is 6.30. The number of hydrogen-bond donors (Lipinski definition) is 0. The van der Waals surface area contributed by atoms with Gasteiger partial charge in [0.05, 0.1) is 17.1 Å². The van der Waals surface area contributed by atoms with Crippen LogP contribution in [-0.2, 0) is 25.8 Å². The maximum atomic E-state index is 12.8. The number of benzene rings is 2. The minimum absolute atomic E-state index is 0.243. The molecule has 146 valence electrons. The molecular formula is C22H22O5S. The van der Waals surface area contributed by atoms with Crippen LogP contribution in [0, 0.1) is 0 Å². The first-order chi connectivity index (χ1) is 13.2. The number of hydrogen-bond acceptors (Lipinski definition) is 5. The minimum Gasteiger partial charge on any atom is -0.493 e. The van der Waals surface area contributed by atoms with Crippen LogP contribution in [0.3, 0.4) is 0 Å². The first-order valence-corrected chi connectivity index (χ1v) is 11.1. The third kappa shape index (κ3) is 3.22. The molecule has 0 saturated carbocycles. The lowest BCUT2D eigenvalue weighted by Gasteiger charge is -2.22. The Morgan fingerprint density at radius 3 is 2.36 bits per heavy atom. The van der Waals surface area contributed by atoms with Gasteiger partial charge in [-0.15, -0.1) is 0 Å². The predicted molar refractivity (Wildman–Crippen MR) is 107 cm³/mol. The molecule has 0 spiro atoms. The Kier molecular flexibility index (Phi) is 4.34. The van der Waals surface area contributed by atoms with E-state index < -0.39 is 15.4 Å². The summed E-state index contributed by atoms with van der Waals surface area (Å²) in [6.07, 6.45) is 3.03. The average molecular weight is 398 g/mol. The number of rotatable bonds is 3.